The van der Waals surface area contributed by atoms with Crippen LogP contribution in [-0.2, 0) is 10.5 Å². The van der Waals surface area contributed by atoms with E-state index in [0.29, 0.717) is 5.75 Å². The van der Waals surface area contributed by atoms with Gasteiger partial charge in [-0.05, 0) is 42.7 Å². The minimum Gasteiger partial charge on any atom is -0.325 e. The third kappa shape index (κ3) is 5.86. The molecule has 0 fully saturated rings. The fourth-order valence-electron chi connectivity index (χ4n) is 2.40. The maximum Gasteiger partial charge on any atom is 0.234 e. The average Bonchev–Trinajstić information content (AvgIpc) is 3.06. The van der Waals surface area contributed by atoms with Gasteiger partial charge in [-0.1, -0.05) is 71.3 Å². The molecule has 0 saturated carbocycles. The van der Waals surface area contributed by atoms with Gasteiger partial charge in [0.05, 0.1) is 5.75 Å². The Morgan fingerprint density at radius 3 is 2.35 bits per heavy atom. The molecule has 0 unspecified atom stereocenters. The van der Waals surface area contributed by atoms with Crippen LogP contribution in [0.15, 0.2) is 57.2 Å². The quantitative estimate of drug-likeness (QED) is 0.553. The Morgan fingerprint density at radius 2 is 1.65 bits per heavy atom. The molecule has 7 heteroatoms. The van der Waals surface area contributed by atoms with Crippen molar-refractivity contribution in [2.24, 2.45) is 0 Å². The van der Waals surface area contributed by atoms with Gasteiger partial charge in [0.15, 0.2) is 8.68 Å². The second-order valence-electron chi connectivity index (χ2n) is 5.82. The predicted molar refractivity (Wildman–Crippen MR) is 111 cm³/mol. The van der Waals surface area contributed by atoms with E-state index >= 15 is 0 Å². The van der Waals surface area contributed by atoms with Crippen molar-refractivity contribution in [3.63, 3.8) is 0 Å². The number of thioether (sulfide) groups is 2. The van der Waals surface area contributed by atoms with Crippen LogP contribution in [0.2, 0.25) is 0 Å². The van der Waals surface area contributed by atoms with E-state index in [1.165, 1.54) is 28.7 Å². The van der Waals surface area contributed by atoms with Crippen LogP contribution in [0, 0.1) is 13.8 Å². The van der Waals surface area contributed by atoms with E-state index in [1.54, 1.807) is 11.8 Å². The lowest BCUT2D eigenvalue weighted by molar-refractivity contribution is -0.113. The molecule has 1 heterocycles. The number of anilines is 1. The average molecular weight is 402 g/mol. The molecule has 0 bridgehead atoms. The standard InChI is InChI=1S/C19H19N3OS3/c1-13-8-14(2)10-16(9-13)20-17(23)12-25-19-22-21-18(26-19)24-11-15-6-4-3-5-7-15/h3-10H,11-12H2,1-2H3,(H,20,23). The molecule has 3 rings (SSSR count). The molecule has 0 saturated heterocycles. The SMILES string of the molecule is Cc1cc(C)cc(NC(=O)CSc2nnc(SCc3ccccc3)s2)c1. The van der Waals surface area contributed by atoms with Gasteiger partial charge < -0.3 is 5.32 Å². The van der Waals surface area contributed by atoms with Crippen molar-refractivity contribution in [3.05, 3.63) is 65.2 Å². The van der Waals surface area contributed by atoms with Gasteiger partial charge in [0.25, 0.3) is 0 Å². The molecule has 0 aliphatic heterocycles. The molecule has 1 N–H and O–H groups in total. The molecule has 1 aromatic heterocycles. The minimum atomic E-state index is -0.0336. The monoisotopic (exact) mass is 401 g/mol. The highest BCUT2D eigenvalue weighted by Crippen LogP contribution is 2.30. The van der Waals surface area contributed by atoms with Gasteiger partial charge in [0.2, 0.25) is 5.91 Å². The highest BCUT2D eigenvalue weighted by molar-refractivity contribution is 8.03. The number of nitrogens with one attached hydrogen (secondary N) is 1. The van der Waals surface area contributed by atoms with Crippen molar-refractivity contribution in [2.45, 2.75) is 28.3 Å². The van der Waals surface area contributed by atoms with Gasteiger partial charge in [0.1, 0.15) is 0 Å². The fourth-order valence-corrected chi connectivity index (χ4v) is 5.18. The molecule has 26 heavy (non-hydrogen) atoms. The van der Waals surface area contributed by atoms with Crippen LogP contribution >= 0.6 is 34.9 Å². The van der Waals surface area contributed by atoms with E-state index in [1.807, 2.05) is 44.2 Å². The predicted octanol–water partition coefficient (Wildman–Crippen LogP) is 5.18. The van der Waals surface area contributed by atoms with Gasteiger partial charge in [-0.3, -0.25) is 4.79 Å². The summed E-state index contributed by atoms with van der Waals surface area (Å²) in [6.07, 6.45) is 0. The van der Waals surface area contributed by atoms with Crippen molar-refractivity contribution in [1.82, 2.24) is 10.2 Å². The normalized spacial score (nSPS) is 10.7. The second-order valence-corrected chi connectivity index (χ2v) is 9.24. The summed E-state index contributed by atoms with van der Waals surface area (Å²) < 4.78 is 1.74. The van der Waals surface area contributed by atoms with Crippen molar-refractivity contribution in [1.29, 1.82) is 0 Å². The van der Waals surface area contributed by atoms with Crippen LogP contribution in [0.1, 0.15) is 16.7 Å². The first-order valence-electron chi connectivity index (χ1n) is 8.10. The van der Waals surface area contributed by atoms with Gasteiger partial charge >= 0.3 is 0 Å². The number of hydrogen-bond acceptors (Lipinski definition) is 6. The molecule has 2 aromatic carbocycles. The van der Waals surface area contributed by atoms with Crippen LogP contribution in [0.4, 0.5) is 5.69 Å². The van der Waals surface area contributed by atoms with E-state index in [2.05, 4.69) is 33.7 Å². The largest absolute Gasteiger partial charge is 0.325 e. The first kappa shape index (κ1) is 18.9. The number of aryl methyl sites for hydroxylation is 2. The fraction of sp³-hybridized carbons (Fsp3) is 0.211. The third-order valence-corrected chi connectivity index (χ3v) is 6.69. The first-order chi connectivity index (χ1) is 12.6. The Bertz CT molecular complexity index is 860. The summed E-state index contributed by atoms with van der Waals surface area (Å²) in [5.74, 6) is 1.16. The van der Waals surface area contributed by atoms with Crippen molar-refractivity contribution >= 4 is 46.5 Å². The smallest absolute Gasteiger partial charge is 0.234 e. The van der Waals surface area contributed by atoms with Crippen LogP contribution in [0.5, 0.6) is 0 Å². The van der Waals surface area contributed by atoms with E-state index in [-0.39, 0.29) is 5.91 Å². The molecule has 3 aromatic rings. The minimum absolute atomic E-state index is 0.0336. The number of rotatable bonds is 7. The summed E-state index contributed by atoms with van der Waals surface area (Å²) in [4.78, 5) is 12.1. The van der Waals surface area contributed by atoms with Crippen LogP contribution in [-0.4, -0.2) is 21.9 Å². The third-order valence-electron chi connectivity index (χ3n) is 3.43. The van der Waals surface area contributed by atoms with E-state index in [4.69, 9.17) is 0 Å². The summed E-state index contributed by atoms with van der Waals surface area (Å²) in [5, 5.41) is 11.3. The van der Waals surface area contributed by atoms with E-state index < -0.39 is 0 Å². The van der Waals surface area contributed by atoms with Gasteiger partial charge in [-0.15, -0.1) is 10.2 Å². The zero-order valence-corrected chi connectivity index (χ0v) is 17.0. The van der Waals surface area contributed by atoms with Gasteiger partial charge in [-0.2, -0.15) is 0 Å². The van der Waals surface area contributed by atoms with Crippen LogP contribution in [0.25, 0.3) is 0 Å². The van der Waals surface area contributed by atoms with E-state index in [9.17, 15) is 4.79 Å². The lowest BCUT2D eigenvalue weighted by atomic mass is 10.1. The highest BCUT2D eigenvalue weighted by Gasteiger charge is 2.09. The Morgan fingerprint density at radius 1 is 1.00 bits per heavy atom. The Labute approximate surface area is 165 Å². The second kappa shape index (κ2) is 9.21. The molecule has 4 nitrogen and oxygen atoms in total. The molecule has 0 spiro atoms. The number of aromatic nitrogens is 2. The molecule has 0 aliphatic rings. The van der Waals surface area contributed by atoms with Crippen molar-refractivity contribution in [3.8, 4) is 0 Å². The lowest BCUT2D eigenvalue weighted by Gasteiger charge is -2.06. The van der Waals surface area contributed by atoms with Crippen LogP contribution < -0.4 is 5.32 Å². The summed E-state index contributed by atoms with van der Waals surface area (Å²) in [7, 11) is 0. The van der Waals surface area contributed by atoms with Gasteiger partial charge in [0, 0.05) is 11.4 Å². The molecule has 0 radical (unpaired) electrons. The van der Waals surface area contributed by atoms with Gasteiger partial charge in [-0.25, -0.2) is 0 Å². The molecular formula is C19H19N3OS3. The number of carbonyl (C=O) groups is 1. The van der Waals surface area contributed by atoms with Crippen LogP contribution in [0.3, 0.4) is 0 Å². The number of carbonyl (C=O) groups excluding carboxylic acids is 1. The number of nitrogens with zero attached hydrogens (tertiary/aromatic N) is 2. The Hall–Kier alpha value is -1.83. The Balaban J connectivity index is 1.47. The van der Waals surface area contributed by atoms with Crippen molar-refractivity contribution < 1.29 is 4.79 Å². The maximum absolute atomic E-state index is 12.1. The zero-order chi connectivity index (χ0) is 18.4. The molecule has 134 valence electrons. The summed E-state index contributed by atoms with van der Waals surface area (Å²) in [6.45, 7) is 4.04. The summed E-state index contributed by atoms with van der Waals surface area (Å²) in [5.41, 5.74) is 4.37. The highest BCUT2D eigenvalue weighted by atomic mass is 32.2. The number of benzene rings is 2. The molecular weight excluding hydrogens is 382 g/mol. The Kier molecular flexibility index (Phi) is 6.71. The summed E-state index contributed by atoms with van der Waals surface area (Å²) in [6, 6.07) is 16.3. The molecule has 0 atom stereocenters. The number of amides is 1. The molecule has 1 amide bonds. The topological polar surface area (TPSA) is 54.9 Å². The maximum atomic E-state index is 12.1. The lowest BCUT2D eigenvalue weighted by Crippen LogP contribution is -2.14. The number of hydrogen-bond donors (Lipinski definition) is 1. The van der Waals surface area contributed by atoms with E-state index in [0.717, 1.165) is 31.2 Å². The zero-order valence-electron chi connectivity index (χ0n) is 14.6. The molecule has 0 aliphatic carbocycles. The van der Waals surface area contributed by atoms with Crippen molar-refractivity contribution in [2.75, 3.05) is 11.1 Å². The summed E-state index contributed by atoms with van der Waals surface area (Å²) >= 11 is 4.61. The first-order valence-corrected chi connectivity index (χ1v) is 10.9.